The SMILES string of the molecule is COc1cccc2c1NC(=O)NC2(O)C(F)(F)F. The van der Waals surface area contributed by atoms with Crippen molar-refractivity contribution in [3.05, 3.63) is 23.8 Å². The van der Waals surface area contributed by atoms with Crippen LogP contribution in [0.15, 0.2) is 18.2 Å². The molecule has 5 nitrogen and oxygen atoms in total. The number of carbonyl (C=O) groups excluding carboxylic acids is 1. The van der Waals surface area contributed by atoms with Gasteiger partial charge in [0.15, 0.2) is 0 Å². The van der Waals surface area contributed by atoms with Crippen molar-refractivity contribution < 1.29 is 27.8 Å². The minimum atomic E-state index is -5.05. The van der Waals surface area contributed by atoms with Gasteiger partial charge in [-0.3, -0.25) is 5.32 Å². The number of nitrogens with one attached hydrogen (secondary N) is 2. The molecule has 2 rings (SSSR count). The molecule has 2 amide bonds. The first-order valence-electron chi connectivity index (χ1n) is 4.85. The van der Waals surface area contributed by atoms with Crippen molar-refractivity contribution in [3.8, 4) is 5.75 Å². The minimum absolute atomic E-state index is 0.0324. The van der Waals surface area contributed by atoms with Gasteiger partial charge in [0.1, 0.15) is 5.75 Å². The van der Waals surface area contributed by atoms with E-state index in [4.69, 9.17) is 4.74 Å². The fraction of sp³-hybridized carbons (Fsp3) is 0.300. The van der Waals surface area contributed by atoms with Gasteiger partial charge >= 0.3 is 12.2 Å². The second-order valence-corrected chi connectivity index (χ2v) is 3.67. The van der Waals surface area contributed by atoms with Crippen molar-refractivity contribution in [1.82, 2.24) is 5.32 Å². The number of anilines is 1. The summed E-state index contributed by atoms with van der Waals surface area (Å²) in [6, 6.07) is 2.55. The van der Waals surface area contributed by atoms with E-state index in [0.717, 1.165) is 6.07 Å². The minimum Gasteiger partial charge on any atom is -0.495 e. The molecule has 8 heteroatoms. The van der Waals surface area contributed by atoms with Crippen molar-refractivity contribution in [2.45, 2.75) is 11.9 Å². The molecular weight excluding hydrogens is 253 g/mol. The van der Waals surface area contributed by atoms with E-state index in [1.807, 2.05) is 0 Å². The molecule has 0 aromatic heterocycles. The molecular formula is C10H9F3N2O3. The Morgan fingerprint density at radius 3 is 2.61 bits per heavy atom. The zero-order valence-corrected chi connectivity index (χ0v) is 9.13. The Hall–Kier alpha value is -1.96. The fourth-order valence-electron chi connectivity index (χ4n) is 1.73. The van der Waals surface area contributed by atoms with E-state index in [-0.39, 0.29) is 11.4 Å². The molecule has 0 saturated carbocycles. The first kappa shape index (κ1) is 12.5. The molecule has 0 aliphatic carbocycles. The molecule has 98 valence electrons. The number of benzene rings is 1. The molecule has 3 N–H and O–H groups in total. The van der Waals surface area contributed by atoms with Gasteiger partial charge in [0.05, 0.1) is 12.8 Å². The normalized spacial score (nSPS) is 22.8. The maximum absolute atomic E-state index is 12.9. The maximum Gasteiger partial charge on any atom is 0.441 e. The number of amides is 2. The predicted octanol–water partition coefficient (Wildman–Crippen LogP) is 1.54. The van der Waals surface area contributed by atoms with Crippen LogP contribution in [0.4, 0.5) is 23.7 Å². The Morgan fingerprint density at radius 1 is 1.39 bits per heavy atom. The molecule has 0 spiro atoms. The number of methoxy groups -OCH3 is 1. The lowest BCUT2D eigenvalue weighted by atomic mass is 9.97. The van der Waals surface area contributed by atoms with Gasteiger partial charge in [-0.25, -0.2) is 4.79 Å². The van der Waals surface area contributed by atoms with Crippen molar-refractivity contribution in [3.63, 3.8) is 0 Å². The van der Waals surface area contributed by atoms with Crippen molar-refractivity contribution in [1.29, 1.82) is 0 Å². The number of hydrogen-bond donors (Lipinski definition) is 3. The third-order valence-electron chi connectivity index (χ3n) is 2.58. The molecule has 1 atom stereocenters. The molecule has 1 aliphatic rings. The molecule has 0 bridgehead atoms. The van der Waals surface area contributed by atoms with Crippen LogP contribution >= 0.6 is 0 Å². The van der Waals surface area contributed by atoms with Gasteiger partial charge in [0, 0.05) is 5.56 Å². The zero-order valence-electron chi connectivity index (χ0n) is 9.13. The van der Waals surface area contributed by atoms with E-state index >= 15 is 0 Å². The summed E-state index contributed by atoms with van der Waals surface area (Å²) in [7, 11) is 1.25. The summed E-state index contributed by atoms with van der Waals surface area (Å²) in [5, 5.41) is 13.3. The molecule has 1 aromatic rings. The fourth-order valence-corrected chi connectivity index (χ4v) is 1.73. The van der Waals surface area contributed by atoms with Crippen LogP contribution < -0.4 is 15.4 Å². The summed E-state index contributed by atoms with van der Waals surface area (Å²) < 4.78 is 43.5. The molecule has 1 unspecified atom stereocenters. The number of rotatable bonds is 1. The summed E-state index contributed by atoms with van der Waals surface area (Å²) in [5.41, 5.74) is -4.16. The highest BCUT2D eigenvalue weighted by Gasteiger charge is 2.59. The smallest absolute Gasteiger partial charge is 0.441 e. The van der Waals surface area contributed by atoms with Gasteiger partial charge in [-0.15, -0.1) is 0 Å². The Morgan fingerprint density at radius 2 is 2.06 bits per heavy atom. The van der Waals surface area contributed by atoms with Crippen LogP contribution in [0.5, 0.6) is 5.75 Å². The molecule has 18 heavy (non-hydrogen) atoms. The van der Waals surface area contributed by atoms with Crippen molar-refractivity contribution in [2.24, 2.45) is 0 Å². The standard InChI is InChI=1S/C10H9F3N2O3/c1-18-6-4-2-3-5-7(6)14-8(16)15-9(5,17)10(11,12)13/h2-4,17H,1H3,(H2,14,15,16). The second-order valence-electron chi connectivity index (χ2n) is 3.67. The van der Waals surface area contributed by atoms with Crippen molar-refractivity contribution in [2.75, 3.05) is 12.4 Å². The molecule has 1 aliphatic heterocycles. The lowest BCUT2D eigenvalue weighted by molar-refractivity contribution is -0.274. The van der Waals surface area contributed by atoms with Gasteiger partial charge in [-0.1, -0.05) is 12.1 Å². The third-order valence-corrected chi connectivity index (χ3v) is 2.58. The van der Waals surface area contributed by atoms with E-state index in [9.17, 15) is 23.1 Å². The highest BCUT2D eigenvalue weighted by molar-refractivity contribution is 5.95. The van der Waals surface area contributed by atoms with E-state index in [0.29, 0.717) is 0 Å². The topological polar surface area (TPSA) is 70.6 Å². The summed E-state index contributed by atoms with van der Waals surface area (Å²) in [6.07, 6.45) is -5.05. The predicted molar refractivity (Wildman–Crippen MR) is 55.1 cm³/mol. The van der Waals surface area contributed by atoms with E-state index in [2.05, 4.69) is 5.32 Å². The highest BCUT2D eigenvalue weighted by Crippen LogP contribution is 2.44. The van der Waals surface area contributed by atoms with Gasteiger partial charge in [0.2, 0.25) is 0 Å². The Labute approximate surface area is 99.6 Å². The Balaban J connectivity index is 2.67. The van der Waals surface area contributed by atoms with E-state index in [1.54, 1.807) is 0 Å². The number of alkyl halides is 3. The first-order chi connectivity index (χ1) is 8.29. The summed E-state index contributed by atoms with van der Waals surface area (Å²) in [4.78, 5) is 11.2. The average Bonchev–Trinajstić information content (AvgIpc) is 2.26. The molecule has 0 fully saturated rings. The number of hydrogen-bond acceptors (Lipinski definition) is 3. The number of aliphatic hydroxyl groups is 1. The maximum atomic E-state index is 12.9. The number of halogens is 3. The number of fused-ring (bicyclic) bond motifs is 1. The van der Waals surface area contributed by atoms with Gasteiger partial charge in [0.25, 0.3) is 5.72 Å². The lowest BCUT2D eigenvalue weighted by Crippen LogP contribution is -2.60. The van der Waals surface area contributed by atoms with Gasteiger partial charge < -0.3 is 15.2 Å². The number of ether oxygens (including phenoxy) is 1. The summed E-state index contributed by atoms with van der Waals surface area (Å²) >= 11 is 0. The van der Waals surface area contributed by atoms with Crippen LogP contribution in [-0.4, -0.2) is 24.4 Å². The number of urea groups is 1. The van der Waals surface area contributed by atoms with Crippen LogP contribution in [0.2, 0.25) is 0 Å². The largest absolute Gasteiger partial charge is 0.495 e. The zero-order chi connectivity index (χ0) is 13.6. The van der Waals surface area contributed by atoms with Crippen LogP contribution in [0.3, 0.4) is 0 Å². The second kappa shape index (κ2) is 3.77. The number of para-hydroxylation sites is 1. The lowest BCUT2D eigenvalue weighted by Gasteiger charge is -2.36. The van der Waals surface area contributed by atoms with Gasteiger partial charge in [-0.05, 0) is 6.07 Å². The third kappa shape index (κ3) is 1.65. The van der Waals surface area contributed by atoms with Gasteiger partial charge in [-0.2, -0.15) is 13.2 Å². The Kier molecular flexibility index (Phi) is 2.62. The monoisotopic (exact) mass is 262 g/mol. The average molecular weight is 262 g/mol. The van der Waals surface area contributed by atoms with E-state index < -0.39 is 23.5 Å². The quantitative estimate of drug-likeness (QED) is 0.719. The molecule has 0 radical (unpaired) electrons. The van der Waals surface area contributed by atoms with Crippen LogP contribution in [0.1, 0.15) is 5.56 Å². The molecule has 0 saturated heterocycles. The van der Waals surface area contributed by atoms with Crippen LogP contribution in [0, 0.1) is 0 Å². The first-order valence-corrected chi connectivity index (χ1v) is 4.85. The van der Waals surface area contributed by atoms with E-state index in [1.165, 1.54) is 24.6 Å². The summed E-state index contributed by atoms with van der Waals surface area (Å²) in [6.45, 7) is 0. The Bertz CT molecular complexity index is 504. The molecule has 1 aromatic carbocycles. The highest BCUT2D eigenvalue weighted by atomic mass is 19.4. The molecule has 1 heterocycles. The number of carbonyl (C=O) groups is 1. The van der Waals surface area contributed by atoms with Crippen molar-refractivity contribution >= 4 is 11.7 Å². The summed E-state index contributed by atoms with van der Waals surface area (Å²) in [5.74, 6) is 0.0324. The van der Waals surface area contributed by atoms with Crippen LogP contribution in [-0.2, 0) is 5.72 Å². The van der Waals surface area contributed by atoms with Crippen LogP contribution in [0.25, 0.3) is 0 Å².